The van der Waals surface area contributed by atoms with Gasteiger partial charge in [0.15, 0.2) is 0 Å². The fourth-order valence-corrected chi connectivity index (χ4v) is 4.62. The molecule has 30 heavy (non-hydrogen) atoms. The molecule has 2 aromatic rings. The Balaban J connectivity index is 1.63. The lowest BCUT2D eigenvalue weighted by Crippen LogP contribution is -2.37. The third kappa shape index (κ3) is 5.63. The molecule has 1 saturated carbocycles. The summed E-state index contributed by atoms with van der Waals surface area (Å²) in [6, 6.07) is 13.4. The summed E-state index contributed by atoms with van der Waals surface area (Å²) in [5, 5.41) is 0. The summed E-state index contributed by atoms with van der Waals surface area (Å²) in [6.45, 7) is 0. The second-order valence-corrected chi connectivity index (χ2v) is 9.16. The average Bonchev–Trinajstić information content (AvgIpc) is 2.78. The van der Waals surface area contributed by atoms with Gasteiger partial charge in [-0.2, -0.15) is 0 Å². The van der Waals surface area contributed by atoms with Gasteiger partial charge < -0.3 is 9.64 Å². The molecular formula is C23H28N2O4S. The van der Waals surface area contributed by atoms with E-state index in [0.717, 1.165) is 18.4 Å². The lowest BCUT2D eigenvalue weighted by molar-refractivity contribution is -0.127. The van der Waals surface area contributed by atoms with E-state index in [1.807, 2.05) is 11.9 Å². The van der Waals surface area contributed by atoms with Crippen LogP contribution in [0.4, 0.5) is 5.69 Å². The molecule has 0 heterocycles. The number of carbonyl (C=O) groups is 1. The number of hydrogen-bond acceptors (Lipinski definition) is 4. The zero-order valence-corrected chi connectivity index (χ0v) is 18.2. The van der Waals surface area contributed by atoms with Crippen LogP contribution in [0.15, 0.2) is 59.5 Å². The summed E-state index contributed by atoms with van der Waals surface area (Å²) in [7, 11) is -0.296. The number of sulfonamides is 1. The van der Waals surface area contributed by atoms with Crippen LogP contribution in [0.5, 0.6) is 5.75 Å². The van der Waals surface area contributed by atoms with Gasteiger partial charge in [0.1, 0.15) is 5.75 Å². The van der Waals surface area contributed by atoms with Crippen molar-refractivity contribution >= 4 is 27.7 Å². The minimum Gasteiger partial charge on any atom is -0.497 e. The molecule has 0 spiro atoms. The first-order chi connectivity index (χ1) is 14.4. The summed E-state index contributed by atoms with van der Waals surface area (Å²) in [5.41, 5.74) is 1.22. The summed E-state index contributed by atoms with van der Waals surface area (Å²) >= 11 is 0. The van der Waals surface area contributed by atoms with Gasteiger partial charge in [-0.3, -0.25) is 9.52 Å². The summed E-state index contributed by atoms with van der Waals surface area (Å²) < 4.78 is 32.8. The highest BCUT2D eigenvalue weighted by Crippen LogP contribution is 2.22. The van der Waals surface area contributed by atoms with Gasteiger partial charge in [0.25, 0.3) is 10.0 Å². The van der Waals surface area contributed by atoms with Crippen LogP contribution in [0, 0.1) is 0 Å². The van der Waals surface area contributed by atoms with Crippen molar-refractivity contribution in [1.82, 2.24) is 4.90 Å². The number of nitrogens with one attached hydrogen (secondary N) is 1. The number of rotatable bonds is 7. The number of benzene rings is 2. The van der Waals surface area contributed by atoms with E-state index in [4.69, 9.17) is 4.74 Å². The van der Waals surface area contributed by atoms with E-state index in [1.165, 1.54) is 31.4 Å². The lowest BCUT2D eigenvalue weighted by atomic mass is 9.94. The number of amides is 1. The van der Waals surface area contributed by atoms with Crippen molar-refractivity contribution in [2.45, 2.75) is 43.0 Å². The minimum atomic E-state index is -3.70. The average molecular weight is 429 g/mol. The third-order valence-electron chi connectivity index (χ3n) is 5.42. The smallest absolute Gasteiger partial charge is 0.261 e. The monoisotopic (exact) mass is 428 g/mol. The topological polar surface area (TPSA) is 75.7 Å². The molecule has 1 fully saturated rings. The van der Waals surface area contributed by atoms with E-state index in [2.05, 4.69) is 4.72 Å². The molecule has 1 N–H and O–H groups in total. The Morgan fingerprint density at radius 3 is 2.27 bits per heavy atom. The van der Waals surface area contributed by atoms with Gasteiger partial charge in [-0.05, 0) is 60.9 Å². The third-order valence-corrected chi connectivity index (χ3v) is 6.82. The van der Waals surface area contributed by atoms with Crippen molar-refractivity contribution in [2.75, 3.05) is 18.9 Å². The van der Waals surface area contributed by atoms with Crippen LogP contribution in [0.1, 0.15) is 37.7 Å². The maximum absolute atomic E-state index is 12.6. The highest BCUT2D eigenvalue weighted by molar-refractivity contribution is 7.92. The molecule has 0 saturated heterocycles. The number of carbonyl (C=O) groups excluding carboxylic acids is 1. The lowest BCUT2D eigenvalue weighted by Gasteiger charge is -2.30. The number of likely N-dealkylation sites (N-methyl/N-ethyl adjacent to an activating group) is 1. The quantitative estimate of drug-likeness (QED) is 0.667. The molecule has 0 aliphatic heterocycles. The largest absolute Gasteiger partial charge is 0.497 e. The predicted molar refractivity (Wildman–Crippen MR) is 119 cm³/mol. The van der Waals surface area contributed by atoms with Crippen LogP contribution in [-0.4, -0.2) is 39.4 Å². The zero-order valence-electron chi connectivity index (χ0n) is 17.4. The molecule has 0 atom stereocenters. The van der Waals surface area contributed by atoms with Crippen LogP contribution >= 0.6 is 0 Å². The van der Waals surface area contributed by atoms with Crippen LogP contribution in [0.25, 0.3) is 6.08 Å². The summed E-state index contributed by atoms with van der Waals surface area (Å²) in [4.78, 5) is 14.4. The first-order valence-corrected chi connectivity index (χ1v) is 11.6. The van der Waals surface area contributed by atoms with Gasteiger partial charge >= 0.3 is 0 Å². The number of ether oxygens (including phenoxy) is 1. The highest BCUT2D eigenvalue weighted by atomic mass is 32.2. The Kier molecular flexibility index (Phi) is 7.15. The SMILES string of the molecule is COc1ccc(NS(=O)(=O)c2ccc(/C=C/C(=O)N(C)C3CCCCC3)cc2)cc1. The second-order valence-electron chi connectivity index (χ2n) is 7.48. The Bertz CT molecular complexity index is 977. The first kappa shape index (κ1) is 21.9. The van der Waals surface area contributed by atoms with E-state index >= 15 is 0 Å². The number of hydrogen-bond donors (Lipinski definition) is 1. The molecule has 1 amide bonds. The van der Waals surface area contributed by atoms with E-state index in [1.54, 1.807) is 55.7 Å². The molecule has 0 radical (unpaired) electrons. The zero-order chi connectivity index (χ0) is 21.6. The Hall–Kier alpha value is -2.80. The van der Waals surface area contributed by atoms with Gasteiger partial charge in [0.2, 0.25) is 5.91 Å². The van der Waals surface area contributed by atoms with Crippen LogP contribution < -0.4 is 9.46 Å². The van der Waals surface area contributed by atoms with E-state index in [9.17, 15) is 13.2 Å². The van der Waals surface area contributed by atoms with Crippen LogP contribution in [0.2, 0.25) is 0 Å². The summed E-state index contributed by atoms with van der Waals surface area (Å²) in [5.74, 6) is 0.623. The van der Waals surface area contributed by atoms with Crippen LogP contribution in [-0.2, 0) is 14.8 Å². The van der Waals surface area contributed by atoms with Crippen molar-refractivity contribution in [3.05, 3.63) is 60.2 Å². The van der Waals surface area contributed by atoms with Crippen LogP contribution in [0.3, 0.4) is 0 Å². The van der Waals surface area contributed by atoms with E-state index in [-0.39, 0.29) is 10.8 Å². The van der Waals surface area contributed by atoms with Gasteiger partial charge in [0, 0.05) is 24.9 Å². The Labute approximate surface area is 178 Å². The maximum atomic E-state index is 12.6. The van der Waals surface area contributed by atoms with Gasteiger partial charge in [-0.25, -0.2) is 8.42 Å². The minimum absolute atomic E-state index is 0.0280. The fourth-order valence-electron chi connectivity index (χ4n) is 3.56. The Morgan fingerprint density at radius 1 is 1.03 bits per heavy atom. The van der Waals surface area contributed by atoms with Crippen molar-refractivity contribution in [3.63, 3.8) is 0 Å². The molecule has 6 nitrogen and oxygen atoms in total. The number of anilines is 1. The molecule has 2 aromatic carbocycles. The molecular weight excluding hydrogens is 400 g/mol. The van der Waals surface area contributed by atoms with Crippen molar-refractivity contribution in [2.24, 2.45) is 0 Å². The first-order valence-electron chi connectivity index (χ1n) is 10.1. The normalized spacial score (nSPS) is 15.1. The van der Waals surface area contributed by atoms with Gasteiger partial charge in [-0.15, -0.1) is 0 Å². The summed E-state index contributed by atoms with van der Waals surface area (Å²) in [6.07, 6.45) is 8.98. The molecule has 1 aliphatic carbocycles. The van der Waals surface area contributed by atoms with Gasteiger partial charge in [0.05, 0.1) is 12.0 Å². The maximum Gasteiger partial charge on any atom is 0.261 e. The fraction of sp³-hybridized carbons (Fsp3) is 0.348. The van der Waals surface area contributed by atoms with E-state index < -0.39 is 10.0 Å². The molecule has 0 aromatic heterocycles. The number of nitrogens with zero attached hydrogens (tertiary/aromatic N) is 1. The van der Waals surface area contributed by atoms with Gasteiger partial charge in [-0.1, -0.05) is 31.4 Å². The second kappa shape index (κ2) is 9.80. The molecule has 160 valence electrons. The molecule has 0 bridgehead atoms. The standard InChI is InChI=1S/C23H28N2O4S/c1-25(20-6-4-3-5-7-20)23(26)17-10-18-8-15-22(16-9-18)30(27,28)24-19-11-13-21(29-2)14-12-19/h8-17,20,24H,3-7H2,1-2H3/b17-10+. The molecule has 0 unspecified atom stereocenters. The predicted octanol–water partition coefficient (Wildman–Crippen LogP) is 4.30. The van der Waals surface area contributed by atoms with Crippen molar-refractivity contribution < 1.29 is 17.9 Å². The van der Waals surface area contributed by atoms with E-state index in [0.29, 0.717) is 17.5 Å². The number of methoxy groups -OCH3 is 1. The molecule has 1 aliphatic rings. The highest BCUT2D eigenvalue weighted by Gasteiger charge is 2.20. The van der Waals surface area contributed by atoms with Crippen molar-refractivity contribution in [3.8, 4) is 5.75 Å². The Morgan fingerprint density at radius 2 is 1.67 bits per heavy atom. The molecule has 3 rings (SSSR count). The molecule has 7 heteroatoms. The van der Waals surface area contributed by atoms with Crippen molar-refractivity contribution in [1.29, 1.82) is 0 Å².